The lowest BCUT2D eigenvalue weighted by molar-refractivity contribution is -0.118. The lowest BCUT2D eigenvalue weighted by Crippen LogP contribution is -2.20. The molecule has 2 aromatic carbocycles. The second kappa shape index (κ2) is 6.65. The lowest BCUT2D eigenvalue weighted by atomic mass is 10.2. The molecule has 110 valence electrons. The van der Waals surface area contributed by atoms with Crippen molar-refractivity contribution in [3.05, 3.63) is 48.0 Å². The van der Waals surface area contributed by atoms with Gasteiger partial charge in [-0.25, -0.2) is 0 Å². The molecule has 0 aliphatic rings. The number of anilines is 2. The minimum absolute atomic E-state index is 0.120. The molecule has 0 saturated carbocycles. The first-order valence-electron chi connectivity index (χ1n) is 6.52. The van der Waals surface area contributed by atoms with Gasteiger partial charge in [-0.15, -0.1) is 0 Å². The Bertz CT molecular complexity index is 641. The summed E-state index contributed by atoms with van der Waals surface area (Å²) in [6, 6.07) is 12.6. The van der Waals surface area contributed by atoms with Crippen LogP contribution in [0.15, 0.2) is 42.5 Å². The third kappa shape index (κ3) is 3.89. The number of nitrogens with two attached hydrogens (primary N) is 1. The number of nitrogen functional groups attached to an aromatic ring is 1. The minimum atomic E-state index is -0.278. The molecule has 2 rings (SSSR count). The topological polar surface area (TPSA) is 73.6 Å². The van der Waals surface area contributed by atoms with E-state index >= 15 is 0 Å². The molecule has 0 spiro atoms. The molecular formula is C16H18N2O3. The molecule has 0 aliphatic carbocycles. The van der Waals surface area contributed by atoms with Crippen molar-refractivity contribution in [3.8, 4) is 11.5 Å². The van der Waals surface area contributed by atoms with Crippen LogP contribution in [-0.4, -0.2) is 19.6 Å². The largest absolute Gasteiger partial charge is 0.495 e. The zero-order valence-corrected chi connectivity index (χ0v) is 12.1. The van der Waals surface area contributed by atoms with E-state index in [1.165, 1.54) is 0 Å². The summed E-state index contributed by atoms with van der Waals surface area (Å²) >= 11 is 0. The van der Waals surface area contributed by atoms with Gasteiger partial charge in [0.15, 0.2) is 6.61 Å². The molecule has 0 radical (unpaired) electrons. The van der Waals surface area contributed by atoms with Crippen molar-refractivity contribution in [1.29, 1.82) is 0 Å². The van der Waals surface area contributed by atoms with Crippen LogP contribution in [-0.2, 0) is 4.79 Å². The Morgan fingerprint density at radius 1 is 1.19 bits per heavy atom. The number of methoxy groups -OCH3 is 1. The Hall–Kier alpha value is -2.69. The molecular weight excluding hydrogens is 268 g/mol. The molecule has 21 heavy (non-hydrogen) atoms. The molecule has 2 aromatic rings. The van der Waals surface area contributed by atoms with Gasteiger partial charge in [-0.3, -0.25) is 4.79 Å². The standard InChI is InChI=1S/C16H18N2O3/c1-11-7-8-14(12(17)9-11)21-10-16(19)18-13-5-3-4-6-15(13)20-2/h3-9H,10,17H2,1-2H3,(H,18,19). The summed E-state index contributed by atoms with van der Waals surface area (Å²) in [5.41, 5.74) is 7.99. The maximum absolute atomic E-state index is 11.9. The van der Waals surface area contributed by atoms with Gasteiger partial charge in [0, 0.05) is 0 Å². The third-order valence-electron chi connectivity index (χ3n) is 2.91. The zero-order chi connectivity index (χ0) is 15.2. The average molecular weight is 286 g/mol. The first kappa shape index (κ1) is 14.7. The van der Waals surface area contributed by atoms with Crippen molar-refractivity contribution in [3.63, 3.8) is 0 Å². The second-order valence-corrected chi connectivity index (χ2v) is 4.58. The highest BCUT2D eigenvalue weighted by atomic mass is 16.5. The summed E-state index contributed by atoms with van der Waals surface area (Å²) in [6.07, 6.45) is 0. The number of rotatable bonds is 5. The predicted molar refractivity (Wildman–Crippen MR) is 82.7 cm³/mol. The van der Waals surface area contributed by atoms with Crippen LogP contribution in [0.4, 0.5) is 11.4 Å². The van der Waals surface area contributed by atoms with Gasteiger partial charge in [-0.1, -0.05) is 18.2 Å². The number of hydrogen-bond acceptors (Lipinski definition) is 4. The number of benzene rings is 2. The van der Waals surface area contributed by atoms with Crippen LogP contribution < -0.4 is 20.5 Å². The van der Waals surface area contributed by atoms with Gasteiger partial charge >= 0.3 is 0 Å². The molecule has 0 atom stereocenters. The van der Waals surface area contributed by atoms with Crippen LogP contribution in [0.25, 0.3) is 0 Å². The lowest BCUT2D eigenvalue weighted by Gasteiger charge is -2.11. The van der Waals surface area contributed by atoms with E-state index in [0.29, 0.717) is 22.9 Å². The molecule has 0 unspecified atom stereocenters. The molecule has 0 saturated heterocycles. The van der Waals surface area contributed by atoms with Gasteiger partial charge in [0.25, 0.3) is 5.91 Å². The smallest absolute Gasteiger partial charge is 0.262 e. The van der Waals surface area contributed by atoms with E-state index < -0.39 is 0 Å². The maximum Gasteiger partial charge on any atom is 0.262 e. The molecule has 1 amide bonds. The van der Waals surface area contributed by atoms with E-state index in [1.807, 2.05) is 25.1 Å². The Kier molecular flexibility index (Phi) is 4.66. The first-order chi connectivity index (χ1) is 10.1. The van der Waals surface area contributed by atoms with Crippen LogP contribution >= 0.6 is 0 Å². The van der Waals surface area contributed by atoms with Crippen LogP contribution in [0.5, 0.6) is 11.5 Å². The Labute approximate surface area is 123 Å². The highest BCUT2D eigenvalue weighted by Crippen LogP contribution is 2.24. The molecule has 5 heteroatoms. The fraction of sp³-hybridized carbons (Fsp3) is 0.188. The third-order valence-corrected chi connectivity index (χ3v) is 2.91. The first-order valence-corrected chi connectivity index (χ1v) is 6.52. The number of ether oxygens (including phenoxy) is 2. The van der Waals surface area contributed by atoms with Gasteiger partial charge in [0.2, 0.25) is 0 Å². The summed E-state index contributed by atoms with van der Waals surface area (Å²) in [5, 5.41) is 2.73. The number of amides is 1. The van der Waals surface area contributed by atoms with Crippen LogP contribution in [0.2, 0.25) is 0 Å². The number of carbonyl (C=O) groups excluding carboxylic acids is 1. The molecule has 0 bridgehead atoms. The molecule has 0 aromatic heterocycles. The van der Waals surface area contributed by atoms with Gasteiger partial charge < -0.3 is 20.5 Å². The van der Waals surface area contributed by atoms with Crippen molar-refractivity contribution in [2.45, 2.75) is 6.92 Å². The molecule has 0 heterocycles. The van der Waals surface area contributed by atoms with E-state index in [4.69, 9.17) is 15.2 Å². The summed E-state index contributed by atoms with van der Waals surface area (Å²) in [7, 11) is 1.55. The molecule has 0 aliphatic heterocycles. The highest BCUT2D eigenvalue weighted by Gasteiger charge is 2.08. The fourth-order valence-electron chi connectivity index (χ4n) is 1.88. The molecule has 0 fully saturated rings. The zero-order valence-electron chi connectivity index (χ0n) is 12.1. The second-order valence-electron chi connectivity index (χ2n) is 4.58. The SMILES string of the molecule is COc1ccccc1NC(=O)COc1ccc(C)cc1N. The van der Waals surface area contributed by atoms with Crippen LogP contribution in [0.1, 0.15) is 5.56 Å². The maximum atomic E-state index is 11.9. The van der Waals surface area contributed by atoms with Gasteiger partial charge in [0.05, 0.1) is 18.5 Å². The summed E-state index contributed by atoms with van der Waals surface area (Å²) < 4.78 is 10.6. The van der Waals surface area contributed by atoms with E-state index in [2.05, 4.69) is 5.32 Å². The predicted octanol–water partition coefficient (Wildman–Crippen LogP) is 2.60. The number of aryl methyl sites for hydroxylation is 1. The van der Waals surface area contributed by atoms with Crippen LogP contribution in [0, 0.1) is 6.92 Å². The van der Waals surface area contributed by atoms with Crippen molar-refractivity contribution in [2.24, 2.45) is 0 Å². The average Bonchev–Trinajstić information content (AvgIpc) is 2.47. The quantitative estimate of drug-likeness (QED) is 0.829. The van der Waals surface area contributed by atoms with E-state index in [9.17, 15) is 4.79 Å². The van der Waals surface area contributed by atoms with E-state index in [0.717, 1.165) is 5.56 Å². The molecule has 3 N–H and O–H groups in total. The van der Waals surface area contributed by atoms with Crippen molar-refractivity contribution < 1.29 is 14.3 Å². The van der Waals surface area contributed by atoms with E-state index in [1.54, 1.807) is 31.4 Å². The fourth-order valence-corrected chi connectivity index (χ4v) is 1.88. The normalized spacial score (nSPS) is 10.0. The van der Waals surface area contributed by atoms with Crippen molar-refractivity contribution >= 4 is 17.3 Å². The number of para-hydroxylation sites is 2. The number of hydrogen-bond donors (Lipinski definition) is 2. The van der Waals surface area contributed by atoms with Crippen LogP contribution in [0.3, 0.4) is 0 Å². The van der Waals surface area contributed by atoms with Gasteiger partial charge in [0.1, 0.15) is 11.5 Å². The van der Waals surface area contributed by atoms with Crippen molar-refractivity contribution in [1.82, 2.24) is 0 Å². The van der Waals surface area contributed by atoms with Crippen molar-refractivity contribution in [2.75, 3.05) is 24.8 Å². The van der Waals surface area contributed by atoms with Gasteiger partial charge in [-0.2, -0.15) is 0 Å². The Morgan fingerprint density at radius 2 is 1.95 bits per heavy atom. The summed E-state index contributed by atoms with van der Waals surface area (Å²) in [6.45, 7) is 1.82. The molecule has 5 nitrogen and oxygen atoms in total. The Balaban J connectivity index is 1.96. The number of carbonyl (C=O) groups is 1. The highest BCUT2D eigenvalue weighted by molar-refractivity contribution is 5.93. The monoisotopic (exact) mass is 286 g/mol. The number of nitrogens with one attached hydrogen (secondary N) is 1. The minimum Gasteiger partial charge on any atom is -0.495 e. The Morgan fingerprint density at radius 3 is 2.67 bits per heavy atom. The summed E-state index contributed by atoms with van der Waals surface area (Å²) in [5.74, 6) is 0.816. The van der Waals surface area contributed by atoms with E-state index in [-0.39, 0.29) is 12.5 Å². The summed E-state index contributed by atoms with van der Waals surface area (Å²) in [4.78, 5) is 11.9. The van der Waals surface area contributed by atoms with Gasteiger partial charge in [-0.05, 0) is 36.8 Å².